The molecular weight excluding hydrogens is 147 g/mol. The van der Waals surface area contributed by atoms with E-state index >= 15 is 0 Å². The fourth-order valence-corrected chi connectivity index (χ4v) is 0.444. The summed E-state index contributed by atoms with van der Waals surface area (Å²) in [5.41, 5.74) is -2.62. The summed E-state index contributed by atoms with van der Waals surface area (Å²) in [7, 11) is 1.35. The maximum Gasteiger partial charge on any atom is 0.418 e. The summed E-state index contributed by atoms with van der Waals surface area (Å²) in [5.74, 6) is 0. The number of alkyl halides is 3. The quantitative estimate of drug-likeness (QED) is 0.612. The van der Waals surface area contributed by atoms with Crippen molar-refractivity contribution in [3.05, 3.63) is 0 Å². The van der Waals surface area contributed by atoms with Gasteiger partial charge in [0.1, 0.15) is 0 Å². The Kier molecular flexibility index (Phi) is 2.67. The van der Waals surface area contributed by atoms with Gasteiger partial charge in [0.25, 0.3) is 0 Å². The molecule has 0 radical (unpaired) electrons. The van der Waals surface area contributed by atoms with Gasteiger partial charge < -0.3 is 10.4 Å². The van der Waals surface area contributed by atoms with Crippen LogP contribution < -0.4 is 5.32 Å². The SMILES string of the molecule is CNC[C@](C)(O)C(F)(F)F. The minimum atomic E-state index is -4.56. The third-order valence-corrected chi connectivity index (χ3v) is 1.13. The van der Waals surface area contributed by atoms with Gasteiger partial charge >= 0.3 is 6.18 Å². The Hall–Kier alpha value is -0.290. The molecule has 0 unspecified atom stereocenters. The van der Waals surface area contributed by atoms with Crippen LogP contribution in [-0.2, 0) is 0 Å². The molecule has 0 saturated carbocycles. The zero-order chi connectivity index (χ0) is 8.41. The van der Waals surface area contributed by atoms with E-state index in [-0.39, 0.29) is 0 Å². The monoisotopic (exact) mass is 157 g/mol. The van der Waals surface area contributed by atoms with Crippen LogP contribution in [0.15, 0.2) is 0 Å². The zero-order valence-corrected chi connectivity index (χ0v) is 5.79. The van der Waals surface area contributed by atoms with Gasteiger partial charge in [0.05, 0.1) is 0 Å². The van der Waals surface area contributed by atoms with Crippen molar-refractivity contribution >= 4 is 0 Å². The molecule has 1 atom stereocenters. The first-order valence-electron chi connectivity index (χ1n) is 2.75. The Morgan fingerprint density at radius 2 is 1.80 bits per heavy atom. The van der Waals surface area contributed by atoms with Gasteiger partial charge in [-0.25, -0.2) is 0 Å². The highest BCUT2D eigenvalue weighted by Crippen LogP contribution is 2.28. The number of rotatable bonds is 2. The number of aliphatic hydroxyl groups is 1. The number of likely N-dealkylation sites (N-methyl/N-ethyl adjacent to an activating group) is 1. The highest BCUT2D eigenvalue weighted by atomic mass is 19.4. The van der Waals surface area contributed by atoms with Gasteiger partial charge in [-0.2, -0.15) is 13.2 Å². The summed E-state index contributed by atoms with van der Waals surface area (Å²) in [4.78, 5) is 0. The van der Waals surface area contributed by atoms with Gasteiger partial charge in [0.15, 0.2) is 5.60 Å². The average molecular weight is 157 g/mol. The molecule has 0 aromatic rings. The maximum atomic E-state index is 11.7. The first-order chi connectivity index (χ1) is 4.31. The fourth-order valence-electron chi connectivity index (χ4n) is 0.444. The first-order valence-corrected chi connectivity index (χ1v) is 2.75. The Morgan fingerprint density at radius 1 is 1.40 bits per heavy atom. The molecule has 0 spiro atoms. The molecule has 62 valence electrons. The summed E-state index contributed by atoms with van der Waals surface area (Å²) < 4.78 is 35.2. The summed E-state index contributed by atoms with van der Waals surface area (Å²) >= 11 is 0. The van der Waals surface area contributed by atoms with E-state index in [1.165, 1.54) is 7.05 Å². The predicted molar refractivity (Wildman–Crippen MR) is 30.6 cm³/mol. The van der Waals surface area contributed by atoms with E-state index in [2.05, 4.69) is 5.32 Å². The smallest absolute Gasteiger partial charge is 0.380 e. The molecule has 0 aliphatic heterocycles. The van der Waals surface area contributed by atoms with Gasteiger partial charge in [-0.3, -0.25) is 0 Å². The molecule has 0 heterocycles. The van der Waals surface area contributed by atoms with E-state index in [1.54, 1.807) is 0 Å². The van der Waals surface area contributed by atoms with Crippen LogP contribution in [0.1, 0.15) is 6.92 Å². The number of hydrogen-bond acceptors (Lipinski definition) is 2. The summed E-state index contributed by atoms with van der Waals surface area (Å²) in [6.45, 7) is 0.236. The van der Waals surface area contributed by atoms with Crippen LogP contribution in [0.2, 0.25) is 0 Å². The molecule has 0 rings (SSSR count). The number of halogens is 3. The average Bonchev–Trinajstić information content (AvgIpc) is 1.61. The summed E-state index contributed by atoms with van der Waals surface area (Å²) in [6, 6.07) is 0. The molecule has 10 heavy (non-hydrogen) atoms. The molecule has 0 aliphatic carbocycles. The fraction of sp³-hybridized carbons (Fsp3) is 1.00. The van der Waals surface area contributed by atoms with Gasteiger partial charge in [0.2, 0.25) is 0 Å². The highest BCUT2D eigenvalue weighted by Gasteiger charge is 2.49. The van der Waals surface area contributed by atoms with E-state index in [0.29, 0.717) is 0 Å². The third-order valence-electron chi connectivity index (χ3n) is 1.13. The van der Waals surface area contributed by atoms with Crippen molar-refractivity contribution < 1.29 is 18.3 Å². The Balaban J connectivity index is 4.10. The van der Waals surface area contributed by atoms with Crippen molar-refractivity contribution in [2.75, 3.05) is 13.6 Å². The van der Waals surface area contributed by atoms with E-state index in [0.717, 1.165) is 6.92 Å². The molecule has 2 N–H and O–H groups in total. The minimum Gasteiger partial charge on any atom is -0.380 e. The summed E-state index contributed by atoms with van der Waals surface area (Å²) in [5, 5.41) is 10.9. The lowest BCUT2D eigenvalue weighted by Crippen LogP contribution is -2.49. The lowest BCUT2D eigenvalue weighted by atomic mass is 10.1. The maximum absolute atomic E-state index is 11.7. The normalized spacial score (nSPS) is 18.6. The van der Waals surface area contributed by atoms with Crippen LogP contribution in [0.3, 0.4) is 0 Å². The van der Waals surface area contributed by atoms with Crippen molar-refractivity contribution in [2.24, 2.45) is 0 Å². The van der Waals surface area contributed by atoms with Gasteiger partial charge in [-0.1, -0.05) is 0 Å². The van der Waals surface area contributed by atoms with Crippen LogP contribution in [0.25, 0.3) is 0 Å². The van der Waals surface area contributed by atoms with E-state index in [4.69, 9.17) is 5.11 Å². The molecule has 0 aliphatic rings. The van der Waals surface area contributed by atoms with Crippen LogP contribution in [-0.4, -0.2) is 30.5 Å². The van der Waals surface area contributed by atoms with E-state index < -0.39 is 18.3 Å². The van der Waals surface area contributed by atoms with Crippen molar-refractivity contribution in [3.63, 3.8) is 0 Å². The van der Waals surface area contributed by atoms with Crippen molar-refractivity contribution in [1.29, 1.82) is 0 Å². The van der Waals surface area contributed by atoms with Gasteiger partial charge in [-0.15, -0.1) is 0 Å². The summed E-state index contributed by atoms with van der Waals surface area (Å²) in [6.07, 6.45) is -4.56. The topological polar surface area (TPSA) is 32.3 Å². The highest BCUT2D eigenvalue weighted by molar-refractivity contribution is 4.82. The third kappa shape index (κ3) is 2.15. The van der Waals surface area contributed by atoms with Crippen LogP contribution >= 0.6 is 0 Å². The predicted octanol–water partition coefficient (Wildman–Crippen LogP) is 0.519. The van der Waals surface area contributed by atoms with Crippen molar-refractivity contribution in [2.45, 2.75) is 18.7 Å². The second kappa shape index (κ2) is 2.75. The minimum absolute atomic E-state index is 0.490. The van der Waals surface area contributed by atoms with Crippen LogP contribution in [0, 0.1) is 0 Å². The Morgan fingerprint density at radius 3 is 1.90 bits per heavy atom. The van der Waals surface area contributed by atoms with Crippen molar-refractivity contribution in [3.8, 4) is 0 Å². The number of hydrogen-bond donors (Lipinski definition) is 2. The molecule has 0 amide bonds. The van der Waals surface area contributed by atoms with Crippen molar-refractivity contribution in [1.82, 2.24) is 5.32 Å². The molecule has 0 saturated heterocycles. The molecule has 0 bridgehead atoms. The van der Waals surface area contributed by atoms with Crippen LogP contribution in [0.5, 0.6) is 0 Å². The zero-order valence-electron chi connectivity index (χ0n) is 5.79. The largest absolute Gasteiger partial charge is 0.418 e. The van der Waals surface area contributed by atoms with Gasteiger partial charge in [0, 0.05) is 6.54 Å². The van der Waals surface area contributed by atoms with E-state index in [9.17, 15) is 13.2 Å². The first kappa shape index (κ1) is 9.71. The second-order valence-corrected chi connectivity index (χ2v) is 2.30. The lowest BCUT2D eigenvalue weighted by molar-refractivity contribution is -0.250. The molecule has 0 aromatic carbocycles. The Bertz CT molecular complexity index is 110. The second-order valence-electron chi connectivity index (χ2n) is 2.30. The molecule has 2 nitrogen and oxygen atoms in total. The van der Waals surface area contributed by atoms with Gasteiger partial charge in [-0.05, 0) is 14.0 Å². The van der Waals surface area contributed by atoms with Crippen LogP contribution in [0.4, 0.5) is 13.2 Å². The molecule has 5 heteroatoms. The Labute approximate surface area is 57.0 Å². The molecular formula is C5H10F3NO. The molecule has 0 fully saturated rings. The van der Waals surface area contributed by atoms with E-state index in [1.807, 2.05) is 0 Å². The lowest BCUT2D eigenvalue weighted by Gasteiger charge is -2.25. The number of nitrogens with one attached hydrogen (secondary N) is 1. The standard InChI is InChI=1S/C5H10F3NO/c1-4(10,3-9-2)5(6,7)8/h9-10H,3H2,1-2H3/t4-/m0/s1. The molecule has 0 aromatic heterocycles.